The Hall–Kier alpha value is -1.46. The molecule has 2 fully saturated rings. The highest BCUT2D eigenvalue weighted by molar-refractivity contribution is 7.92. The van der Waals surface area contributed by atoms with Crippen LogP contribution < -0.4 is 0 Å². The van der Waals surface area contributed by atoms with Crippen molar-refractivity contribution in [2.75, 3.05) is 30.9 Å². The van der Waals surface area contributed by atoms with E-state index in [0.29, 0.717) is 11.6 Å². The van der Waals surface area contributed by atoms with Gasteiger partial charge in [0.05, 0.1) is 35.5 Å². The number of aromatic nitrogens is 1. The molecule has 0 unspecified atom stereocenters. The number of hydrogen-bond donors (Lipinski definition) is 0. The Morgan fingerprint density at radius 1 is 1.21 bits per heavy atom. The SMILES string of the molecule is Cc1nc(C)c(C(=O)N2CCN(S(C)(=O)=O)[C@@H]3CS(=O)(=O)C[C@@H]32)o1. The number of carbonyl (C=O) groups is 1. The third-order valence-corrected chi connectivity index (χ3v) is 7.41. The molecule has 11 heteroatoms. The van der Waals surface area contributed by atoms with E-state index in [9.17, 15) is 21.6 Å². The fourth-order valence-corrected chi connectivity index (χ4v) is 6.64. The third-order valence-electron chi connectivity index (χ3n) is 4.41. The van der Waals surface area contributed by atoms with Crippen molar-refractivity contribution < 1.29 is 26.0 Å². The molecule has 3 heterocycles. The molecule has 134 valence electrons. The molecule has 2 aliphatic heterocycles. The zero-order valence-electron chi connectivity index (χ0n) is 13.6. The van der Waals surface area contributed by atoms with Gasteiger partial charge in [-0.2, -0.15) is 4.31 Å². The van der Waals surface area contributed by atoms with Crippen molar-refractivity contribution >= 4 is 25.8 Å². The van der Waals surface area contributed by atoms with Crippen molar-refractivity contribution in [3.05, 3.63) is 17.3 Å². The van der Waals surface area contributed by atoms with Crippen LogP contribution in [0.4, 0.5) is 0 Å². The summed E-state index contributed by atoms with van der Waals surface area (Å²) < 4.78 is 54.5. The van der Waals surface area contributed by atoms with Crippen LogP contribution in [0.15, 0.2) is 4.42 Å². The first-order valence-electron chi connectivity index (χ1n) is 7.42. The van der Waals surface area contributed by atoms with Crippen molar-refractivity contribution in [3.8, 4) is 0 Å². The summed E-state index contributed by atoms with van der Waals surface area (Å²) in [6.07, 6.45) is 1.05. The van der Waals surface area contributed by atoms with Gasteiger partial charge in [-0.3, -0.25) is 4.79 Å². The number of carbonyl (C=O) groups excluding carboxylic acids is 1. The van der Waals surface area contributed by atoms with Gasteiger partial charge in [0, 0.05) is 20.0 Å². The van der Waals surface area contributed by atoms with E-state index in [1.54, 1.807) is 13.8 Å². The standard InChI is InChI=1S/C13H19N3O6S2/c1-8-12(22-9(2)14-8)13(17)15-4-5-16(23(3,18)19)11-7-24(20,21)6-10(11)15/h10-11H,4-7H2,1-3H3/t10-,11+/m0/s1. The highest BCUT2D eigenvalue weighted by Crippen LogP contribution is 2.30. The number of piperazine rings is 1. The van der Waals surface area contributed by atoms with Crippen LogP contribution in [0.2, 0.25) is 0 Å². The Balaban J connectivity index is 1.97. The molecule has 1 aromatic rings. The first-order chi connectivity index (χ1) is 11.0. The minimum Gasteiger partial charge on any atom is -0.436 e. The van der Waals surface area contributed by atoms with E-state index in [-0.39, 0.29) is 30.4 Å². The summed E-state index contributed by atoms with van der Waals surface area (Å²) in [6.45, 7) is 3.43. The number of hydrogen-bond acceptors (Lipinski definition) is 7. The van der Waals surface area contributed by atoms with E-state index < -0.39 is 37.9 Å². The Morgan fingerprint density at radius 2 is 1.83 bits per heavy atom. The average Bonchev–Trinajstić information content (AvgIpc) is 2.93. The van der Waals surface area contributed by atoms with Gasteiger partial charge < -0.3 is 9.32 Å². The summed E-state index contributed by atoms with van der Waals surface area (Å²) in [5, 5.41) is 0. The van der Waals surface area contributed by atoms with Crippen molar-refractivity contribution in [1.82, 2.24) is 14.2 Å². The third kappa shape index (κ3) is 2.95. The van der Waals surface area contributed by atoms with E-state index >= 15 is 0 Å². The molecule has 0 aromatic carbocycles. The molecule has 2 atom stereocenters. The van der Waals surface area contributed by atoms with Crippen LogP contribution >= 0.6 is 0 Å². The van der Waals surface area contributed by atoms with Crippen molar-refractivity contribution in [1.29, 1.82) is 0 Å². The number of rotatable bonds is 2. The zero-order chi connectivity index (χ0) is 17.9. The fraction of sp³-hybridized carbons (Fsp3) is 0.692. The lowest BCUT2D eigenvalue weighted by molar-refractivity contribution is 0.0484. The first kappa shape index (κ1) is 17.4. The Labute approximate surface area is 140 Å². The number of sulfonamides is 1. The van der Waals surface area contributed by atoms with E-state index in [1.165, 1.54) is 9.21 Å². The number of sulfone groups is 1. The molecule has 3 rings (SSSR count). The van der Waals surface area contributed by atoms with E-state index in [1.807, 2.05) is 0 Å². The highest BCUT2D eigenvalue weighted by atomic mass is 32.2. The second-order valence-corrected chi connectivity index (χ2v) is 10.3. The Morgan fingerprint density at radius 3 is 2.38 bits per heavy atom. The first-order valence-corrected chi connectivity index (χ1v) is 11.1. The second-order valence-electron chi connectivity index (χ2n) is 6.23. The molecular formula is C13H19N3O6S2. The van der Waals surface area contributed by atoms with Gasteiger partial charge in [0.2, 0.25) is 15.8 Å². The molecule has 0 radical (unpaired) electrons. The molecule has 2 aliphatic rings. The maximum Gasteiger partial charge on any atom is 0.291 e. The molecule has 1 amide bonds. The van der Waals surface area contributed by atoms with Gasteiger partial charge in [0.25, 0.3) is 5.91 Å². The van der Waals surface area contributed by atoms with E-state index in [2.05, 4.69) is 4.98 Å². The quantitative estimate of drug-likeness (QED) is 0.660. The number of fused-ring (bicyclic) bond motifs is 1. The fourth-order valence-electron chi connectivity index (χ4n) is 3.45. The van der Waals surface area contributed by atoms with Gasteiger partial charge in [-0.25, -0.2) is 21.8 Å². The second kappa shape index (κ2) is 5.53. The predicted octanol–water partition coefficient (Wildman–Crippen LogP) is -0.826. The summed E-state index contributed by atoms with van der Waals surface area (Å²) >= 11 is 0. The summed E-state index contributed by atoms with van der Waals surface area (Å²) in [5.41, 5.74) is 0.431. The van der Waals surface area contributed by atoms with Crippen LogP contribution in [-0.2, 0) is 19.9 Å². The zero-order valence-corrected chi connectivity index (χ0v) is 15.2. The molecule has 2 saturated heterocycles. The van der Waals surface area contributed by atoms with Gasteiger partial charge in [0.15, 0.2) is 15.7 Å². The molecule has 0 spiro atoms. The smallest absolute Gasteiger partial charge is 0.291 e. The molecule has 1 aromatic heterocycles. The van der Waals surface area contributed by atoms with Crippen molar-refractivity contribution in [2.45, 2.75) is 25.9 Å². The predicted molar refractivity (Wildman–Crippen MR) is 84.8 cm³/mol. The lowest BCUT2D eigenvalue weighted by Crippen LogP contribution is -2.61. The van der Waals surface area contributed by atoms with Crippen LogP contribution in [-0.4, -0.2) is 79.9 Å². The molecule has 0 saturated carbocycles. The van der Waals surface area contributed by atoms with Crippen LogP contribution in [0.3, 0.4) is 0 Å². The summed E-state index contributed by atoms with van der Waals surface area (Å²) in [7, 11) is -6.97. The average molecular weight is 377 g/mol. The van der Waals surface area contributed by atoms with E-state index in [4.69, 9.17) is 4.42 Å². The monoisotopic (exact) mass is 377 g/mol. The van der Waals surface area contributed by atoms with Crippen molar-refractivity contribution in [2.24, 2.45) is 0 Å². The van der Waals surface area contributed by atoms with Gasteiger partial charge >= 0.3 is 0 Å². The lowest BCUT2D eigenvalue weighted by atomic mass is 10.1. The van der Waals surface area contributed by atoms with Gasteiger partial charge in [-0.1, -0.05) is 0 Å². The molecule has 9 nitrogen and oxygen atoms in total. The molecular weight excluding hydrogens is 358 g/mol. The van der Waals surface area contributed by atoms with Gasteiger partial charge in [-0.05, 0) is 6.92 Å². The van der Waals surface area contributed by atoms with Crippen LogP contribution in [0.25, 0.3) is 0 Å². The topological polar surface area (TPSA) is 118 Å². The maximum absolute atomic E-state index is 12.8. The Kier molecular flexibility index (Phi) is 4.00. The molecule has 0 N–H and O–H groups in total. The summed E-state index contributed by atoms with van der Waals surface area (Å²) in [5.74, 6) is -0.553. The number of amides is 1. The number of oxazole rings is 1. The number of nitrogens with zero attached hydrogens (tertiary/aromatic N) is 3. The van der Waals surface area contributed by atoms with Crippen LogP contribution in [0, 0.1) is 13.8 Å². The van der Waals surface area contributed by atoms with Crippen LogP contribution in [0.1, 0.15) is 22.1 Å². The van der Waals surface area contributed by atoms with E-state index in [0.717, 1.165) is 6.26 Å². The van der Waals surface area contributed by atoms with Crippen LogP contribution in [0.5, 0.6) is 0 Å². The Bertz CT molecular complexity index is 889. The largest absolute Gasteiger partial charge is 0.436 e. The number of aryl methyl sites for hydroxylation is 2. The van der Waals surface area contributed by atoms with Gasteiger partial charge in [-0.15, -0.1) is 0 Å². The van der Waals surface area contributed by atoms with Gasteiger partial charge in [0.1, 0.15) is 0 Å². The summed E-state index contributed by atoms with van der Waals surface area (Å²) in [6, 6.07) is -1.47. The molecule has 0 aliphatic carbocycles. The minimum absolute atomic E-state index is 0.0629. The normalized spacial score (nSPS) is 27.2. The minimum atomic E-state index is -3.55. The van der Waals surface area contributed by atoms with Crippen molar-refractivity contribution in [3.63, 3.8) is 0 Å². The molecule has 24 heavy (non-hydrogen) atoms. The molecule has 0 bridgehead atoms. The lowest BCUT2D eigenvalue weighted by Gasteiger charge is -2.42. The maximum atomic E-state index is 12.8. The highest BCUT2D eigenvalue weighted by Gasteiger charge is 2.51. The summed E-state index contributed by atoms with van der Waals surface area (Å²) in [4.78, 5) is 18.2.